The monoisotopic (exact) mass is 360 g/mol. The molecule has 1 unspecified atom stereocenters. The molecule has 3 aromatic rings. The molecule has 1 saturated carbocycles. The lowest BCUT2D eigenvalue weighted by molar-refractivity contribution is 0.453. The van der Waals surface area contributed by atoms with Gasteiger partial charge in [-0.05, 0) is 50.8 Å². The molecule has 0 N–H and O–H groups in total. The molecule has 5 heteroatoms. The van der Waals surface area contributed by atoms with E-state index in [0.29, 0.717) is 18.0 Å². The van der Waals surface area contributed by atoms with Gasteiger partial charge in [-0.2, -0.15) is 5.10 Å². The molecule has 0 saturated heterocycles. The minimum Gasteiger partial charge on any atom is -0.438 e. The van der Waals surface area contributed by atoms with Crippen LogP contribution in [0.2, 0.25) is 0 Å². The summed E-state index contributed by atoms with van der Waals surface area (Å²) in [5.41, 5.74) is 4.71. The zero-order chi connectivity index (χ0) is 18.4. The van der Waals surface area contributed by atoms with Crippen LogP contribution in [-0.4, -0.2) is 27.9 Å². The molecule has 138 valence electrons. The van der Waals surface area contributed by atoms with Crippen molar-refractivity contribution >= 4 is 5.69 Å². The SMILES string of the molecule is CC1CCc2c(ccc(-c3cnn(C4CC4)c3)c2Oc2ccccn2)N1C. The van der Waals surface area contributed by atoms with E-state index < -0.39 is 0 Å². The number of hydrogen-bond donors (Lipinski definition) is 0. The first-order chi connectivity index (χ1) is 13.2. The van der Waals surface area contributed by atoms with Crippen molar-refractivity contribution in [3.8, 4) is 22.8 Å². The zero-order valence-corrected chi connectivity index (χ0v) is 15.8. The van der Waals surface area contributed by atoms with Gasteiger partial charge in [0.25, 0.3) is 0 Å². The van der Waals surface area contributed by atoms with Crippen LogP contribution in [0.4, 0.5) is 5.69 Å². The maximum absolute atomic E-state index is 6.36. The summed E-state index contributed by atoms with van der Waals surface area (Å²) in [6.45, 7) is 2.27. The lowest BCUT2D eigenvalue weighted by Crippen LogP contribution is -2.33. The molecular formula is C22H24N4O. The van der Waals surface area contributed by atoms with Crippen molar-refractivity contribution in [1.29, 1.82) is 0 Å². The largest absolute Gasteiger partial charge is 0.438 e. The van der Waals surface area contributed by atoms with Crippen LogP contribution in [0.1, 0.15) is 37.8 Å². The summed E-state index contributed by atoms with van der Waals surface area (Å²) in [5, 5.41) is 4.58. The van der Waals surface area contributed by atoms with E-state index in [2.05, 4.69) is 52.0 Å². The van der Waals surface area contributed by atoms with Gasteiger partial charge in [0.2, 0.25) is 5.88 Å². The predicted octanol–water partition coefficient (Wildman–Crippen LogP) is 4.84. The standard InChI is InChI=1S/C22H24N4O/c1-15-6-9-19-20(25(15)2)11-10-18(16-13-24-26(14-16)17-7-8-17)22(19)27-21-5-3-4-12-23-21/h3-5,10-15,17H,6-9H2,1-2H3. The molecule has 1 atom stereocenters. The van der Waals surface area contributed by atoms with Gasteiger partial charge in [-0.15, -0.1) is 0 Å². The molecule has 0 spiro atoms. The van der Waals surface area contributed by atoms with Crippen LogP contribution in [-0.2, 0) is 6.42 Å². The molecule has 2 aromatic heterocycles. The Hall–Kier alpha value is -2.82. The highest BCUT2D eigenvalue weighted by atomic mass is 16.5. The molecule has 0 bridgehead atoms. The summed E-state index contributed by atoms with van der Waals surface area (Å²) in [6.07, 6.45) is 10.5. The second kappa shape index (κ2) is 6.41. The summed E-state index contributed by atoms with van der Waals surface area (Å²) in [7, 11) is 2.16. The summed E-state index contributed by atoms with van der Waals surface area (Å²) in [6, 6.07) is 11.3. The molecule has 1 fully saturated rings. The molecule has 5 nitrogen and oxygen atoms in total. The Morgan fingerprint density at radius 3 is 2.78 bits per heavy atom. The Kier molecular flexibility index (Phi) is 3.88. The topological polar surface area (TPSA) is 43.2 Å². The van der Waals surface area contributed by atoms with Crippen molar-refractivity contribution in [3.05, 3.63) is 54.5 Å². The number of anilines is 1. The highest BCUT2D eigenvalue weighted by Crippen LogP contribution is 2.44. The fourth-order valence-corrected chi connectivity index (χ4v) is 3.85. The quantitative estimate of drug-likeness (QED) is 0.667. The van der Waals surface area contributed by atoms with E-state index >= 15 is 0 Å². The van der Waals surface area contributed by atoms with Gasteiger partial charge in [-0.1, -0.05) is 6.07 Å². The van der Waals surface area contributed by atoms with E-state index in [1.807, 2.05) is 24.4 Å². The number of aromatic nitrogens is 3. The average Bonchev–Trinajstić information content (AvgIpc) is 3.43. The van der Waals surface area contributed by atoms with Gasteiger partial charge >= 0.3 is 0 Å². The Morgan fingerprint density at radius 1 is 1.11 bits per heavy atom. The van der Waals surface area contributed by atoms with Crippen LogP contribution < -0.4 is 9.64 Å². The van der Waals surface area contributed by atoms with Crippen molar-refractivity contribution in [2.75, 3.05) is 11.9 Å². The van der Waals surface area contributed by atoms with Crippen molar-refractivity contribution in [3.63, 3.8) is 0 Å². The van der Waals surface area contributed by atoms with E-state index in [1.54, 1.807) is 6.20 Å². The number of pyridine rings is 1. The van der Waals surface area contributed by atoms with E-state index in [1.165, 1.54) is 24.1 Å². The lowest BCUT2D eigenvalue weighted by Gasteiger charge is -2.35. The lowest BCUT2D eigenvalue weighted by atomic mass is 9.93. The van der Waals surface area contributed by atoms with Gasteiger partial charge in [0.1, 0.15) is 5.75 Å². The molecule has 1 aliphatic carbocycles. The van der Waals surface area contributed by atoms with Gasteiger partial charge in [-0.3, -0.25) is 4.68 Å². The van der Waals surface area contributed by atoms with Crippen molar-refractivity contribution in [2.24, 2.45) is 0 Å². The van der Waals surface area contributed by atoms with E-state index in [9.17, 15) is 0 Å². The molecule has 1 aromatic carbocycles. The van der Waals surface area contributed by atoms with Gasteiger partial charge in [0.05, 0.1) is 12.2 Å². The number of nitrogens with zero attached hydrogens (tertiary/aromatic N) is 4. The maximum Gasteiger partial charge on any atom is 0.219 e. The maximum atomic E-state index is 6.36. The van der Waals surface area contributed by atoms with Gasteiger partial charge in [-0.25, -0.2) is 4.98 Å². The Morgan fingerprint density at radius 2 is 2.00 bits per heavy atom. The number of hydrogen-bond acceptors (Lipinski definition) is 4. The molecule has 5 rings (SSSR count). The first-order valence-electron chi connectivity index (χ1n) is 9.73. The van der Waals surface area contributed by atoms with Crippen molar-refractivity contribution in [2.45, 2.75) is 44.7 Å². The van der Waals surface area contributed by atoms with E-state index in [0.717, 1.165) is 29.7 Å². The summed E-state index contributed by atoms with van der Waals surface area (Å²) < 4.78 is 8.45. The summed E-state index contributed by atoms with van der Waals surface area (Å²) >= 11 is 0. The van der Waals surface area contributed by atoms with Crippen molar-refractivity contribution < 1.29 is 4.74 Å². The van der Waals surface area contributed by atoms with Gasteiger partial charge in [0, 0.05) is 53.9 Å². The molecule has 0 amide bonds. The van der Waals surface area contributed by atoms with Crippen LogP contribution >= 0.6 is 0 Å². The van der Waals surface area contributed by atoms with E-state index in [4.69, 9.17) is 4.74 Å². The number of rotatable bonds is 4. The fourth-order valence-electron chi connectivity index (χ4n) is 3.85. The molecule has 27 heavy (non-hydrogen) atoms. The number of benzene rings is 1. The summed E-state index contributed by atoms with van der Waals surface area (Å²) in [4.78, 5) is 6.73. The highest BCUT2D eigenvalue weighted by molar-refractivity contribution is 5.77. The summed E-state index contributed by atoms with van der Waals surface area (Å²) in [5.74, 6) is 1.54. The third-order valence-corrected chi connectivity index (χ3v) is 5.77. The second-order valence-corrected chi connectivity index (χ2v) is 7.65. The molecule has 3 heterocycles. The minimum absolute atomic E-state index is 0.531. The number of fused-ring (bicyclic) bond motifs is 1. The van der Waals surface area contributed by atoms with Crippen LogP contribution in [0.5, 0.6) is 11.6 Å². The van der Waals surface area contributed by atoms with Crippen LogP contribution in [0, 0.1) is 0 Å². The highest BCUT2D eigenvalue weighted by Gasteiger charge is 2.28. The first kappa shape index (κ1) is 16.4. The fraction of sp³-hybridized carbons (Fsp3) is 0.364. The van der Waals surface area contributed by atoms with Crippen LogP contribution in [0.3, 0.4) is 0 Å². The zero-order valence-electron chi connectivity index (χ0n) is 15.8. The average molecular weight is 360 g/mol. The van der Waals surface area contributed by atoms with Gasteiger partial charge in [0.15, 0.2) is 0 Å². The normalized spacial score (nSPS) is 19.0. The number of ether oxygens (including phenoxy) is 1. The van der Waals surface area contributed by atoms with E-state index in [-0.39, 0.29) is 0 Å². The Balaban J connectivity index is 1.63. The van der Waals surface area contributed by atoms with Crippen LogP contribution in [0.15, 0.2) is 48.9 Å². The molecule has 0 radical (unpaired) electrons. The van der Waals surface area contributed by atoms with Crippen LogP contribution in [0.25, 0.3) is 11.1 Å². The minimum atomic E-state index is 0.531. The predicted molar refractivity (Wildman–Crippen MR) is 106 cm³/mol. The molecular weight excluding hydrogens is 336 g/mol. The third-order valence-electron chi connectivity index (χ3n) is 5.77. The smallest absolute Gasteiger partial charge is 0.219 e. The Labute approximate surface area is 159 Å². The molecule has 2 aliphatic rings. The Bertz CT molecular complexity index is 962. The third kappa shape index (κ3) is 2.97. The van der Waals surface area contributed by atoms with Gasteiger partial charge < -0.3 is 9.64 Å². The molecule has 1 aliphatic heterocycles. The second-order valence-electron chi connectivity index (χ2n) is 7.65. The van der Waals surface area contributed by atoms with Crippen molar-refractivity contribution in [1.82, 2.24) is 14.8 Å². The first-order valence-corrected chi connectivity index (χ1v) is 9.73.